The number of rotatable bonds is 10. The Morgan fingerprint density at radius 2 is 1.83 bits per heavy atom. The summed E-state index contributed by atoms with van der Waals surface area (Å²) in [6.07, 6.45) is 1.04. The standard InChI is InChI=1S/C17H30N4O.HI/c1-4-11-19-17(18)20-14-15-7-9-16(10-8-15)22-13-12-21(5-2)6-3;/h7-10H,4-6,11-14H2,1-3H3,(H3,18,19,20);1H. The fourth-order valence-electron chi connectivity index (χ4n) is 2.01. The molecule has 23 heavy (non-hydrogen) atoms. The minimum Gasteiger partial charge on any atom is -0.492 e. The summed E-state index contributed by atoms with van der Waals surface area (Å²) >= 11 is 0. The normalized spacial score (nSPS) is 11.2. The maximum absolute atomic E-state index is 5.77. The molecule has 0 saturated heterocycles. The molecule has 1 aromatic carbocycles. The first-order valence-corrected chi connectivity index (χ1v) is 8.17. The van der Waals surface area contributed by atoms with Gasteiger partial charge in [0.25, 0.3) is 0 Å². The third-order valence-electron chi connectivity index (χ3n) is 3.48. The molecule has 132 valence electrons. The van der Waals surface area contributed by atoms with Gasteiger partial charge in [-0.2, -0.15) is 0 Å². The Labute approximate surface area is 157 Å². The molecule has 1 rings (SSSR count). The van der Waals surface area contributed by atoms with Crippen molar-refractivity contribution >= 4 is 29.9 Å². The van der Waals surface area contributed by atoms with Crippen LogP contribution in [0.3, 0.4) is 0 Å². The van der Waals surface area contributed by atoms with Crippen LogP contribution >= 0.6 is 24.0 Å². The molecule has 0 aliphatic rings. The van der Waals surface area contributed by atoms with E-state index >= 15 is 0 Å². The van der Waals surface area contributed by atoms with Gasteiger partial charge in [0.05, 0.1) is 6.54 Å². The second-order valence-electron chi connectivity index (χ2n) is 5.15. The van der Waals surface area contributed by atoms with E-state index in [1.54, 1.807) is 0 Å². The number of hydrogen-bond acceptors (Lipinski definition) is 3. The van der Waals surface area contributed by atoms with Crippen molar-refractivity contribution in [2.75, 3.05) is 32.8 Å². The second-order valence-corrected chi connectivity index (χ2v) is 5.15. The van der Waals surface area contributed by atoms with Crippen LogP contribution in [-0.4, -0.2) is 43.6 Å². The number of hydrogen-bond donors (Lipinski definition) is 2. The van der Waals surface area contributed by atoms with Crippen molar-refractivity contribution in [1.29, 1.82) is 0 Å². The summed E-state index contributed by atoms with van der Waals surface area (Å²) in [6, 6.07) is 8.04. The van der Waals surface area contributed by atoms with E-state index in [1.165, 1.54) is 0 Å². The Hall–Kier alpha value is -1.02. The Kier molecular flexibility index (Phi) is 12.8. The highest BCUT2D eigenvalue weighted by Crippen LogP contribution is 2.12. The van der Waals surface area contributed by atoms with E-state index in [9.17, 15) is 0 Å². The number of nitrogens with zero attached hydrogens (tertiary/aromatic N) is 2. The maximum Gasteiger partial charge on any atom is 0.188 e. The van der Waals surface area contributed by atoms with Gasteiger partial charge < -0.3 is 20.7 Å². The van der Waals surface area contributed by atoms with Crippen molar-refractivity contribution < 1.29 is 4.74 Å². The predicted octanol–water partition coefficient (Wildman–Crippen LogP) is 2.84. The minimum absolute atomic E-state index is 0. The smallest absolute Gasteiger partial charge is 0.188 e. The number of likely N-dealkylation sites (N-methyl/N-ethyl adjacent to an activating group) is 1. The van der Waals surface area contributed by atoms with Gasteiger partial charge in [-0.15, -0.1) is 24.0 Å². The number of guanidine groups is 1. The first-order valence-electron chi connectivity index (χ1n) is 8.17. The molecule has 0 saturated carbocycles. The van der Waals surface area contributed by atoms with Crippen LogP contribution in [0.4, 0.5) is 0 Å². The Bertz CT molecular complexity index is 433. The summed E-state index contributed by atoms with van der Waals surface area (Å²) in [5.41, 5.74) is 6.89. The van der Waals surface area contributed by atoms with Crippen LogP contribution in [0.1, 0.15) is 32.8 Å². The molecule has 3 N–H and O–H groups in total. The summed E-state index contributed by atoms with van der Waals surface area (Å²) in [7, 11) is 0. The average molecular weight is 434 g/mol. The largest absolute Gasteiger partial charge is 0.492 e. The van der Waals surface area contributed by atoms with Crippen molar-refractivity contribution in [2.45, 2.75) is 33.7 Å². The molecule has 0 fully saturated rings. The molecule has 0 aliphatic carbocycles. The van der Waals surface area contributed by atoms with Crippen molar-refractivity contribution in [3.8, 4) is 5.75 Å². The maximum atomic E-state index is 5.77. The number of aliphatic imine (C=N–C) groups is 1. The summed E-state index contributed by atoms with van der Waals surface area (Å²) in [5.74, 6) is 1.40. The molecule has 0 bridgehead atoms. The van der Waals surface area contributed by atoms with E-state index in [4.69, 9.17) is 10.5 Å². The average Bonchev–Trinajstić information content (AvgIpc) is 2.56. The number of halogens is 1. The van der Waals surface area contributed by atoms with E-state index in [0.29, 0.717) is 19.1 Å². The summed E-state index contributed by atoms with van der Waals surface area (Å²) in [5, 5.41) is 3.06. The van der Waals surface area contributed by atoms with Crippen LogP contribution in [0.5, 0.6) is 5.75 Å². The molecule has 1 aromatic rings. The molecule has 0 amide bonds. The molecule has 0 aromatic heterocycles. The molecular formula is C17H31IN4O. The van der Waals surface area contributed by atoms with Gasteiger partial charge in [0, 0.05) is 13.1 Å². The Morgan fingerprint density at radius 1 is 1.17 bits per heavy atom. The van der Waals surface area contributed by atoms with Crippen molar-refractivity contribution in [2.24, 2.45) is 10.7 Å². The number of ether oxygens (including phenoxy) is 1. The van der Waals surface area contributed by atoms with E-state index in [2.05, 4.69) is 36.0 Å². The van der Waals surface area contributed by atoms with Crippen LogP contribution in [0.25, 0.3) is 0 Å². The van der Waals surface area contributed by atoms with Crippen LogP contribution in [0.15, 0.2) is 29.3 Å². The highest BCUT2D eigenvalue weighted by atomic mass is 127. The van der Waals surface area contributed by atoms with Crippen LogP contribution in [-0.2, 0) is 6.54 Å². The predicted molar refractivity (Wildman–Crippen MR) is 109 cm³/mol. The summed E-state index contributed by atoms with van der Waals surface area (Å²) < 4.78 is 5.76. The van der Waals surface area contributed by atoms with Gasteiger partial charge in [0.15, 0.2) is 5.96 Å². The van der Waals surface area contributed by atoms with Gasteiger partial charge in [-0.25, -0.2) is 4.99 Å². The van der Waals surface area contributed by atoms with E-state index in [-0.39, 0.29) is 24.0 Å². The first-order chi connectivity index (χ1) is 10.7. The van der Waals surface area contributed by atoms with Gasteiger partial charge >= 0.3 is 0 Å². The van der Waals surface area contributed by atoms with E-state index in [0.717, 1.165) is 43.9 Å². The minimum atomic E-state index is 0. The molecular weight excluding hydrogens is 403 g/mol. The fraction of sp³-hybridized carbons (Fsp3) is 0.588. The Balaban J connectivity index is 0.00000484. The van der Waals surface area contributed by atoms with Crippen molar-refractivity contribution in [3.63, 3.8) is 0 Å². The highest BCUT2D eigenvalue weighted by Gasteiger charge is 2.00. The van der Waals surface area contributed by atoms with Crippen LogP contribution in [0, 0.1) is 0 Å². The zero-order valence-electron chi connectivity index (χ0n) is 14.5. The Morgan fingerprint density at radius 3 is 2.39 bits per heavy atom. The summed E-state index contributed by atoms with van der Waals surface area (Å²) in [6.45, 7) is 11.7. The van der Waals surface area contributed by atoms with Crippen LogP contribution < -0.4 is 15.8 Å². The molecule has 0 unspecified atom stereocenters. The zero-order valence-corrected chi connectivity index (χ0v) is 16.9. The lowest BCUT2D eigenvalue weighted by atomic mass is 10.2. The van der Waals surface area contributed by atoms with Gasteiger partial charge in [-0.3, -0.25) is 0 Å². The number of benzene rings is 1. The molecule has 0 heterocycles. The number of nitrogens with two attached hydrogens (primary N) is 1. The third-order valence-corrected chi connectivity index (χ3v) is 3.48. The molecule has 6 heteroatoms. The monoisotopic (exact) mass is 434 g/mol. The summed E-state index contributed by atoms with van der Waals surface area (Å²) in [4.78, 5) is 6.65. The second kappa shape index (κ2) is 13.4. The van der Waals surface area contributed by atoms with E-state index in [1.807, 2.05) is 24.3 Å². The topological polar surface area (TPSA) is 62.9 Å². The van der Waals surface area contributed by atoms with Gasteiger partial charge in [0.1, 0.15) is 12.4 Å². The SMILES string of the molecule is CCCNC(N)=NCc1ccc(OCCN(CC)CC)cc1.I. The lowest BCUT2D eigenvalue weighted by Gasteiger charge is -2.18. The number of nitrogens with one attached hydrogen (secondary N) is 1. The van der Waals surface area contributed by atoms with Crippen LogP contribution in [0.2, 0.25) is 0 Å². The zero-order chi connectivity index (χ0) is 16.2. The van der Waals surface area contributed by atoms with Gasteiger partial charge in [0.2, 0.25) is 0 Å². The first kappa shape index (κ1) is 22.0. The molecule has 0 aliphatic heterocycles. The van der Waals surface area contributed by atoms with Crippen molar-refractivity contribution in [3.05, 3.63) is 29.8 Å². The third kappa shape index (κ3) is 9.65. The quantitative estimate of drug-likeness (QED) is 0.338. The highest BCUT2D eigenvalue weighted by molar-refractivity contribution is 14.0. The van der Waals surface area contributed by atoms with Gasteiger partial charge in [-0.1, -0.05) is 32.9 Å². The van der Waals surface area contributed by atoms with Gasteiger partial charge in [-0.05, 0) is 37.2 Å². The lowest BCUT2D eigenvalue weighted by Crippen LogP contribution is -2.32. The molecule has 5 nitrogen and oxygen atoms in total. The lowest BCUT2D eigenvalue weighted by molar-refractivity contribution is 0.223. The van der Waals surface area contributed by atoms with Crippen molar-refractivity contribution in [1.82, 2.24) is 10.2 Å². The fourth-order valence-corrected chi connectivity index (χ4v) is 2.01. The molecule has 0 radical (unpaired) electrons. The van der Waals surface area contributed by atoms with E-state index < -0.39 is 0 Å². The molecule has 0 atom stereocenters. The molecule has 0 spiro atoms.